The van der Waals surface area contributed by atoms with Crippen LogP contribution in [-0.2, 0) is 9.59 Å². The maximum absolute atomic E-state index is 13.0. The fourth-order valence-electron chi connectivity index (χ4n) is 2.65. The Morgan fingerprint density at radius 3 is 2.33 bits per heavy atom. The molecule has 0 aliphatic carbocycles. The Hall–Kier alpha value is -3.55. The van der Waals surface area contributed by atoms with Crippen molar-refractivity contribution < 1.29 is 28.3 Å². The minimum absolute atomic E-state index is 0.123. The fourth-order valence-corrected chi connectivity index (χ4v) is 2.65. The van der Waals surface area contributed by atoms with Gasteiger partial charge in [0.1, 0.15) is 11.6 Å². The summed E-state index contributed by atoms with van der Waals surface area (Å²) < 4.78 is 18.4. The van der Waals surface area contributed by atoms with Gasteiger partial charge >= 0.3 is 17.8 Å². The highest BCUT2D eigenvalue weighted by Gasteiger charge is 2.47. The first kappa shape index (κ1) is 18.2. The first-order valence-electron chi connectivity index (χ1n) is 8.14. The van der Waals surface area contributed by atoms with Crippen molar-refractivity contribution in [3.05, 3.63) is 59.9 Å². The number of urea groups is 1. The fraction of sp³-hybridized carbons (Fsp3) is 0.158. The summed E-state index contributed by atoms with van der Waals surface area (Å²) in [4.78, 5) is 50.8. The van der Waals surface area contributed by atoms with Gasteiger partial charge in [-0.15, -0.1) is 0 Å². The Bertz CT molecular complexity index is 926. The maximum Gasteiger partial charge on any atom is 0.339 e. The number of benzene rings is 2. The molecule has 27 heavy (non-hydrogen) atoms. The number of amides is 4. The van der Waals surface area contributed by atoms with Crippen LogP contribution in [0.4, 0.5) is 14.9 Å². The highest BCUT2D eigenvalue weighted by molar-refractivity contribution is 6.53. The number of carbonyl (C=O) groups excluding carboxylic acids is 4. The molecule has 0 aromatic heterocycles. The predicted octanol–water partition coefficient (Wildman–Crippen LogP) is 2.40. The molecule has 1 aliphatic rings. The number of ketones is 1. The van der Waals surface area contributed by atoms with Crippen molar-refractivity contribution in [2.45, 2.75) is 6.92 Å². The lowest BCUT2D eigenvalue weighted by molar-refractivity contribution is -0.139. The maximum atomic E-state index is 13.0. The quantitative estimate of drug-likeness (QED) is 0.443. The Morgan fingerprint density at radius 2 is 1.67 bits per heavy atom. The lowest BCUT2D eigenvalue weighted by atomic mass is 10.1. The third-order valence-electron chi connectivity index (χ3n) is 3.93. The van der Waals surface area contributed by atoms with Gasteiger partial charge < -0.3 is 4.74 Å². The molecule has 8 heteroatoms. The van der Waals surface area contributed by atoms with Crippen molar-refractivity contribution >= 4 is 29.3 Å². The van der Waals surface area contributed by atoms with Gasteiger partial charge in [-0.2, -0.15) is 0 Å². The van der Waals surface area contributed by atoms with Crippen LogP contribution < -0.4 is 9.64 Å². The summed E-state index contributed by atoms with van der Waals surface area (Å²) in [5.74, 6) is -3.03. The Morgan fingerprint density at radius 1 is 1.00 bits per heavy atom. The zero-order valence-corrected chi connectivity index (χ0v) is 14.3. The van der Waals surface area contributed by atoms with Crippen molar-refractivity contribution in [2.24, 2.45) is 0 Å². The van der Waals surface area contributed by atoms with Gasteiger partial charge in [0.15, 0.2) is 5.78 Å². The van der Waals surface area contributed by atoms with Crippen molar-refractivity contribution in [2.75, 3.05) is 18.1 Å². The van der Waals surface area contributed by atoms with Crippen LogP contribution in [0.25, 0.3) is 0 Å². The van der Waals surface area contributed by atoms with Gasteiger partial charge in [-0.3, -0.25) is 14.4 Å². The van der Waals surface area contributed by atoms with Crippen LogP contribution in [0.15, 0.2) is 48.5 Å². The third-order valence-corrected chi connectivity index (χ3v) is 3.93. The molecular formula is C19H15FN2O5. The Balaban J connectivity index is 1.86. The van der Waals surface area contributed by atoms with Crippen molar-refractivity contribution in [1.82, 2.24) is 4.90 Å². The molecule has 0 atom stereocenters. The van der Waals surface area contributed by atoms with Gasteiger partial charge in [0.2, 0.25) is 0 Å². The summed E-state index contributed by atoms with van der Waals surface area (Å²) in [6.45, 7) is 1.42. The number of nitrogens with zero attached hydrogens (tertiary/aromatic N) is 2. The van der Waals surface area contributed by atoms with Gasteiger partial charge in [-0.25, -0.2) is 19.0 Å². The zero-order chi connectivity index (χ0) is 19.6. The average Bonchev–Trinajstić information content (AvgIpc) is 2.86. The number of halogens is 1. The zero-order valence-electron chi connectivity index (χ0n) is 14.3. The monoisotopic (exact) mass is 370 g/mol. The van der Waals surface area contributed by atoms with Gasteiger partial charge in [0, 0.05) is 5.56 Å². The number of hydrogen-bond acceptors (Lipinski definition) is 5. The molecule has 4 amide bonds. The van der Waals surface area contributed by atoms with E-state index in [4.69, 9.17) is 4.74 Å². The molecule has 7 nitrogen and oxygen atoms in total. The number of imide groups is 2. The minimum atomic E-state index is -1.11. The van der Waals surface area contributed by atoms with Crippen molar-refractivity contribution in [1.29, 1.82) is 0 Å². The number of hydrogen-bond donors (Lipinski definition) is 0. The van der Waals surface area contributed by atoms with Crippen LogP contribution in [0.2, 0.25) is 0 Å². The van der Waals surface area contributed by atoms with E-state index < -0.39 is 36.0 Å². The van der Waals surface area contributed by atoms with E-state index >= 15 is 0 Å². The topological polar surface area (TPSA) is 84.0 Å². The van der Waals surface area contributed by atoms with Crippen LogP contribution in [0.3, 0.4) is 0 Å². The van der Waals surface area contributed by atoms with E-state index in [1.165, 1.54) is 18.2 Å². The molecule has 2 aromatic rings. The number of ether oxygens (including phenoxy) is 1. The highest BCUT2D eigenvalue weighted by atomic mass is 19.1. The summed E-state index contributed by atoms with van der Waals surface area (Å²) >= 11 is 0. The standard InChI is InChI=1S/C19H15FN2O5/c1-2-27-16-6-4-3-5-14(16)22-18(25)17(24)21(19(22)26)11-15(23)12-7-9-13(20)10-8-12/h3-10H,2,11H2,1H3. The third kappa shape index (κ3) is 3.41. The first-order valence-corrected chi connectivity index (χ1v) is 8.14. The summed E-state index contributed by atoms with van der Waals surface area (Å²) in [6.07, 6.45) is 0. The van der Waals surface area contributed by atoms with E-state index in [9.17, 15) is 23.6 Å². The molecule has 0 radical (unpaired) electrons. The molecule has 3 rings (SSSR count). The molecule has 0 N–H and O–H groups in total. The lowest BCUT2D eigenvalue weighted by Crippen LogP contribution is -2.37. The Labute approximate surface area is 153 Å². The second-order valence-corrected chi connectivity index (χ2v) is 5.65. The van der Waals surface area contributed by atoms with Gasteiger partial charge in [0.25, 0.3) is 0 Å². The second-order valence-electron chi connectivity index (χ2n) is 5.65. The van der Waals surface area contributed by atoms with E-state index in [-0.39, 0.29) is 17.0 Å². The molecule has 138 valence electrons. The first-order chi connectivity index (χ1) is 12.9. The van der Waals surface area contributed by atoms with Crippen LogP contribution in [-0.4, -0.2) is 41.7 Å². The van der Waals surface area contributed by atoms with Gasteiger partial charge in [0.05, 0.1) is 18.8 Å². The number of anilines is 1. The molecule has 0 saturated carbocycles. The molecule has 1 aliphatic heterocycles. The molecular weight excluding hydrogens is 355 g/mol. The molecule has 0 spiro atoms. The summed E-state index contributed by atoms with van der Waals surface area (Å²) in [5.41, 5.74) is 0.247. The van der Waals surface area contributed by atoms with E-state index in [1.54, 1.807) is 25.1 Å². The Kier molecular flexibility index (Phi) is 4.98. The lowest BCUT2D eigenvalue weighted by Gasteiger charge is -2.18. The van der Waals surface area contributed by atoms with Crippen LogP contribution >= 0.6 is 0 Å². The summed E-state index contributed by atoms with van der Waals surface area (Å²) in [6, 6.07) is 10.0. The SMILES string of the molecule is CCOc1ccccc1N1C(=O)C(=O)N(CC(=O)c2ccc(F)cc2)C1=O. The summed E-state index contributed by atoms with van der Waals surface area (Å²) in [7, 11) is 0. The molecule has 2 aromatic carbocycles. The van der Waals surface area contributed by atoms with Crippen molar-refractivity contribution in [3.63, 3.8) is 0 Å². The molecule has 1 heterocycles. The van der Waals surface area contributed by atoms with Crippen LogP contribution in [0.5, 0.6) is 5.75 Å². The normalized spacial score (nSPS) is 14.1. The number of carbonyl (C=O) groups is 4. The van der Waals surface area contributed by atoms with E-state index in [1.807, 2.05) is 0 Å². The predicted molar refractivity (Wildman–Crippen MR) is 92.9 cm³/mol. The van der Waals surface area contributed by atoms with E-state index in [2.05, 4.69) is 0 Å². The van der Waals surface area contributed by atoms with Crippen LogP contribution in [0, 0.1) is 5.82 Å². The average molecular weight is 370 g/mol. The highest BCUT2D eigenvalue weighted by Crippen LogP contribution is 2.31. The molecule has 1 fully saturated rings. The smallest absolute Gasteiger partial charge is 0.339 e. The largest absolute Gasteiger partial charge is 0.492 e. The van der Waals surface area contributed by atoms with Crippen LogP contribution in [0.1, 0.15) is 17.3 Å². The van der Waals surface area contributed by atoms with E-state index in [0.29, 0.717) is 16.4 Å². The van der Waals surface area contributed by atoms with Gasteiger partial charge in [-0.05, 0) is 43.3 Å². The molecule has 1 saturated heterocycles. The van der Waals surface area contributed by atoms with E-state index in [0.717, 1.165) is 12.1 Å². The number of Topliss-reactive ketones (excluding diaryl/α,β-unsaturated/α-hetero) is 1. The second kappa shape index (κ2) is 7.36. The molecule has 0 unspecified atom stereocenters. The number of rotatable bonds is 6. The molecule has 0 bridgehead atoms. The summed E-state index contributed by atoms with van der Waals surface area (Å²) in [5, 5.41) is 0. The van der Waals surface area contributed by atoms with Gasteiger partial charge in [-0.1, -0.05) is 12.1 Å². The minimum Gasteiger partial charge on any atom is -0.492 e. The van der Waals surface area contributed by atoms with Crippen molar-refractivity contribution in [3.8, 4) is 5.75 Å². The number of para-hydroxylation sites is 2.